The van der Waals surface area contributed by atoms with Gasteiger partial charge in [0.05, 0.1) is 34.0 Å². The molecule has 4 aromatic carbocycles. The molecule has 190 valence electrons. The van der Waals surface area contributed by atoms with Gasteiger partial charge < -0.3 is 4.74 Å². The molecule has 7 aromatic rings. The minimum atomic E-state index is -0.0598. The summed E-state index contributed by atoms with van der Waals surface area (Å²) < 4.78 is 10.6. The number of fused-ring (bicyclic) bond motifs is 4. The van der Waals surface area contributed by atoms with E-state index in [1.54, 1.807) is 0 Å². The molecule has 0 radical (unpaired) electrons. The van der Waals surface area contributed by atoms with Crippen LogP contribution in [0.1, 0.15) is 38.8 Å². The van der Waals surface area contributed by atoms with Gasteiger partial charge in [0.1, 0.15) is 17.8 Å². The zero-order valence-corrected chi connectivity index (χ0v) is 22.4. The fourth-order valence-electron chi connectivity index (χ4n) is 6.43. The molecule has 3 aromatic heterocycles. The highest BCUT2D eigenvalue weighted by molar-refractivity contribution is 6.15. The van der Waals surface area contributed by atoms with E-state index in [-0.39, 0.29) is 10.8 Å². The first kappa shape index (κ1) is 22.4. The highest BCUT2D eigenvalue weighted by Gasteiger charge is 2.46. The number of ether oxygens (including phenoxy) is 1. The number of para-hydroxylation sites is 2. The first-order valence-electron chi connectivity index (χ1n) is 13.4. The molecule has 0 saturated heterocycles. The molecule has 5 heteroatoms. The highest BCUT2D eigenvalue weighted by atomic mass is 16.5. The van der Waals surface area contributed by atoms with Crippen molar-refractivity contribution < 1.29 is 4.74 Å². The number of hydrogen-bond donors (Lipinski definition) is 0. The van der Waals surface area contributed by atoms with Crippen molar-refractivity contribution in [1.29, 1.82) is 0 Å². The standard InChI is InChI=1S/C34H28N4O/c1-33(2)26-12-8-11-25-24-16-15-23(18-30(24)38-32(31(25)26)27(19-36-38)34(33,3)4)39-22-10-7-9-21(17-22)37-20-35-28-13-5-6-14-29(28)37/h5-20H,1-4H3. The van der Waals surface area contributed by atoms with Crippen LogP contribution in [0.2, 0.25) is 0 Å². The van der Waals surface area contributed by atoms with E-state index in [9.17, 15) is 0 Å². The van der Waals surface area contributed by atoms with Gasteiger partial charge in [0.2, 0.25) is 0 Å². The van der Waals surface area contributed by atoms with E-state index >= 15 is 0 Å². The second-order valence-corrected chi connectivity index (χ2v) is 11.7. The molecule has 0 atom stereocenters. The lowest BCUT2D eigenvalue weighted by molar-refractivity contribution is 0.304. The topological polar surface area (TPSA) is 44.4 Å². The third-order valence-electron chi connectivity index (χ3n) is 9.25. The second kappa shape index (κ2) is 7.48. The summed E-state index contributed by atoms with van der Waals surface area (Å²) in [5.41, 5.74) is 7.90. The van der Waals surface area contributed by atoms with Crippen molar-refractivity contribution in [3.05, 3.63) is 109 Å². The fourth-order valence-corrected chi connectivity index (χ4v) is 6.43. The van der Waals surface area contributed by atoms with E-state index in [0.717, 1.165) is 33.7 Å². The lowest BCUT2D eigenvalue weighted by Crippen LogP contribution is -2.42. The molecule has 1 aliphatic rings. The van der Waals surface area contributed by atoms with E-state index in [0.29, 0.717) is 0 Å². The Labute approximate surface area is 226 Å². The van der Waals surface area contributed by atoms with Crippen LogP contribution in [-0.4, -0.2) is 19.2 Å². The minimum Gasteiger partial charge on any atom is -0.457 e. The molecule has 0 saturated carbocycles. The van der Waals surface area contributed by atoms with Crippen LogP contribution in [0.25, 0.3) is 43.9 Å². The maximum Gasteiger partial charge on any atom is 0.129 e. The number of benzene rings is 4. The number of hydrogen-bond acceptors (Lipinski definition) is 3. The molecule has 8 rings (SSSR count). The Kier molecular flexibility index (Phi) is 4.28. The molecule has 0 bridgehead atoms. The third-order valence-corrected chi connectivity index (χ3v) is 9.25. The van der Waals surface area contributed by atoms with Crippen LogP contribution >= 0.6 is 0 Å². The summed E-state index contributed by atoms with van der Waals surface area (Å²) in [5, 5.41) is 8.69. The van der Waals surface area contributed by atoms with Gasteiger partial charge >= 0.3 is 0 Å². The van der Waals surface area contributed by atoms with E-state index in [1.807, 2.05) is 36.7 Å². The zero-order chi connectivity index (χ0) is 26.5. The van der Waals surface area contributed by atoms with Gasteiger partial charge in [-0.25, -0.2) is 9.50 Å². The summed E-state index contributed by atoms with van der Waals surface area (Å²) in [6, 6.07) is 29.4. The second-order valence-electron chi connectivity index (χ2n) is 11.7. The average molecular weight is 509 g/mol. The molecule has 39 heavy (non-hydrogen) atoms. The van der Waals surface area contributed by atoms with Crippen molar-refractivity contribution in [1.82, 2.24) is 19.2 Å². The molecule has 5 nitrogen and oxygen atoms in total. The van der Waals surface area contributed by atoms with Gasteiger partial charge in [-0.3, -0.25) is 4.57 Å². The van der Waals surface area contributed by atoms with Crippen molar-refractivity contribution in [2.75, 3.05) is 0 Å². The van der Waals surface area contributed by atoms with Crippen molar-refractivity contribution >= 4 is 38.2 Å². The summed E-state index contributed by atoms with van der Waals surface area (Å²) in [7, 11) is 0. The number of nitrogens with zero attached hydrogens (tertiary/aromatic N) is 4. The average Bonchev–Trinajstić information content (AvgIpc) is 3.58. The Balaban J connectivity index is 1.28. The third kappa shape index (κ3) is 2.90. The van der Waals surface area contributed by atoms with Crippen LogP contribution < -0.4 is 4.74 Å². The molecule has 0 unspecified atom stereocenters. The van der Waals surface area contributed by atoms with Gasteiger partial charge in [-0.05, 0) is 52.8 Å². The van der Waals surface area contributed by atoms with Crippen molar-refractivity contribution in [3.63, 3.8) is 0 Å². The van der Waals surface area contributed by atoms with E-state index in [4.69, 9.17) is 9.84 Å². The van der Waals surface area contributed by atoms with Gasteiger partial charge in [0.15, 0.2) is 0 Å². The largest absolute Gasteiger partial charge is 0.457 e. The number of aromatic nitrogens is 4. The summed E-state index contributed by atoms with van der Waals surface area (Å²) >= 11 is 0. The molecule has 1 aliphatic carbocycles. The van der Waals surface area contributed by atoms with E-state index in [2.05, 4.69) is 103 Å². The van der Waals surface area contributed by atoms with Gasteiger partial charge in [-0.1, -0.05) is 64.1 Å². The molecule has 3 heterocycles. The first-order valence-corrected chi connectivity index (χ1v) is 13.4. The van der Waals surface area contributed by atoms with Crippen LogP contribution in [0, 0.1) is 0 Å². The van der Waals surface area contributed by atoms with Crippen LogP contribution in [0.3, 0.4) is 0 Å². The predicted octanol–water partition coefficient (Wildman–Crippen LogP) is 8.34. The predicted molar refractivity (Wildman–Crippen MR) is 157 cm³/mol. The maximum atomic E-state index is 6.44. The number of pyridine rings is 1. The van der Waals surface area contributed by atoms with Gasteiger partial charge in [-0.15, -0.1) is 0 Å². The van der Waals surface area contributed by atoms with Crippen LogP contribution in [0.15, 0.2) is 97.5 Å². The molecular formula is C34H28N4O. The Hall–Kier alpha value is -4.64. The molecule has 0 spiro atoms. The summed E-state index contributed by atoms with van der Waals surface area (Å²) in [5.74, 6) is 1.55. The first-order chi connectivity index (χ1) is 18.8. The van der Waals surface area contributed by atoms with Crippen LogP contribution in [0.4, 0.5) is 0 Å². The molecule has 0 aliphatic heterocycles. The lowest BCUT2D eigenvalue weighted by atomic mass is 9.58. The smallest absolute Gasteiger partial charge is 0.129 e. The van der Waals surface area contributed by atoms with E-state index in [1.165, 1.54) is 32.8 Å². The summed E-state index contributed by atoms with van der Waals surface area (Å²) in [6.45, 7) is 9.39. The zero-order valence-electron chi connectivity index (χ0n) is 22.4. The van der Waals surface area contributed by atoms with Crippen LogP contribution in [0.5, 0.6) is 11.5 Å². The summed E-state index contributed by atoms with van der Waals surface area (Å²) in [6.07, 6.45) is 3.93. The Morgan fingerprint density at radius 3 is 2.38 bits per heavy atom. The van der Waals surface area contributed by atoms with Gasteiger partial charge in [0.25, 0.3) is 0 Å². The molecule has 0 N–H and O–H groups in total. The van der Waals surface area contributed by atoms with Gasteiger partial charge in [-0.2, -0.15) is 5.10 Å². The van der Waals surface area contributed by atoms with Crippen molar-refractivity contribution in [2.24, 2.45) is 0 Å². The fraction of sp³-hybridized carbons (Fsp3) is 0.176. The monoisotopic (exact) mass is 508 g/mol. The van der Waals surface area contributed by atoms with Crippen molar-refractivity contribution in [2.45, 2.75) is 38.5 Å². The Morgan fingerprint density at radius 2 is 1.49 bits per heavy atom. The highest BCUT2D eigenvalue weighted by Crippen LogP contribution is 2.53. The number of imidazole rings is 1. The lowest BCUT2D eigenvalue weighted by Gasteiger charge is -2.45. The number of rotatable bonds is 3. The Bertz CT molecular complexity index is 2110. The quantitative estimate of drug-likeness (QED) is 0.225. The SMILES string of the molecule is CC1(C)c2cccc3c4ccc(Oc5cccc(-n6cnc7ccccc76)c5)cc4n4ncc(c4c23)C1(C)C. The van der Waals surface area contributed by atoms with E-state index < -0.39 is 0 Å². The molecular weight excluding hydrogens is 480 g/mol. The molecule has 0 fully saturated rings. The normalized spacial score (nSPS) is 15.6. The Morgan fingerprint density at radius 1 is 0.692 bits per heavy atom. The van der Waals surface area contributed by atoms with Gasteiger partial charge in [0, 0.05) is 33.9 Å². The molecule has 0 amide bonds. The maximum absolute atomic E-state index is 6.44. The van der Waals surface area contributed by atoms with Crippen molar-refractivity contribution in [3.8, 4) is 17.2 Å². The summed E-state index contributed by atoms with van der Waals surface area (Å²) in [4.78, 5) is 4.54. The minimum absolute atomic E-state index is 0.0225. The van der Waals surface area contributed by atoms with Crippen LogP contribution in [-0.2, 0) is 10.8 Å².